The topological polar surface area (TPSA) is 32.3 Å². The van der Waals surface area contributed by atoms with E-state index in [1.165, 1.54) is 11.8 Å². The van der Waals surface area contributed by atoms with Gasteiger partial charge in [-0.1, -0.05) is 23.7 Å². The van der Waals surface area contributed by atoms with Crippen LogP contribution in [0.25, 0.3) is 0 Å². The van der Waals surface area contributed by atoms with Crippen molar-refractivity contribution in [1.82, 2.24) is 10.2 Å². The Morgan fingerprint density at radius 1 is 1.35 bits per heavy atom. The van der Waals surface area contributed by atoms with Gasteiger partial charge in [-0.25, -0.2) is 0 Å². The molecule has 1 unspecified atom stereocenters. The Morgan fingerprint density at radius 2 is 2.10 bits per heavy atom. The van der Waals surface area contributed by atoms with Crippen LogP contribution in [0.3, 0.4) is 0 Å². The second kappa shape index (κ2) is 8.78. The zero-order valence-electron chi connectivity index (χ0n) is 11.5. The van der Waals surface area contributed by atoms with Gasteiger partial charge in [0.05, 0.1) is 10.3 Å². The molecule has 1 aromatic rings. The van der Waals surface area contributed by atoms with Gasteiger partial charge in [0, 0.05) is 24.5 Å². The zero-order valence-corrected chi connectivity index (χ0v) is 13.9. The fourth-order valence-electron chi connectivity index (χ4n) is 2.10. The van der Waals surface area contributed by atoms with Gasteiger partial charge in [-0.15, -0.1) is 24.2 Å². The summed E-state index contributed by atoms with van der Waals surface area (Å²) in [5.41, 5.74) is 0. The number of nitrogens with zero attached hydrogens (tertiary/aromatic N) is 1. The number of halogens is 2. The van der Waals surface area contributed by atoms with Crippen LogP contribution < -0.4 is 5.32 Å². The lowest BCUT2D eigenvalue weighted by Crippen LogP contribution is -2.38. The first-order chi connectivity index (χ1) is 9.18. The van der Waals surface area contributed by atoms with Gasteiger partial charge in [0.1, 0.15) is 0 Å². The SMILES string of the molecule is CC(Sc1ccccc1Cl)C(=O)N1CCCNCC1.Cl. The van der Waals surface area contributed by atoms with Gasteiger partial charge in [-0.3, -0.25) is 4.79 Å². The molecule has 1 aromatic carbocycles. The largest absolute Gasteiger partial charge is 0.340 e. The average molecular weight is 335 g/mol. The van der Waals surface area contributed by atoms with Crippen molar-refractivity contribution in [2.75, 3.05) is 26.2 Å². The van der Waals surface area contributed by atoms with Gasteiger partial charge >= 0.3 is 0 Å². The predicted molar refractivity (Wildman–Crippen MR) is 88.1 cm³/mol. The lowest BCUT2D eigenvalue weighted by molar-refractivity contribution is -0.130. The third kappa shape index (κ3) is 4.85. The maximum atomic E-state index is 12.4. The molecule has 20 heavy (non-hydrogen) atoms. The minimum atomic E-state index is -0.0991. The molecule has 2 rings (SSSR count). The van der Waals surface area contributed by atoms with Gasteiger partial charge in [-0.2, -0.15) is 0 Å². The number of carbonyl (C=O) groups is 1. The average Bonchev–Trinajstić information content (AvgIpc) is 2.69. The number of nitrogens with one attached hydrogen (secondary N) is 1. The maximum Gasteiger partial charge on any atom is 0.235 e. The van der Waals surface area contributed by atoms with Crippen LogP contribution in [-0.4, -0.2) is 42.2 Å². The number of benzene rings is 1. The first-order valence-corrected chi connectivity index (χ1v) is 7.85. The summed E-state index contributed by atoms with van der Waals surface area (Å²) in [5, 5.41) is 3.92. The van der Waals surface area contributed by atoms with Gasteiger partial charge in [0.15, 0.2) is 0 Å². The molecular weight excluding hydrogens is 315 g/mol. The molecule has 1 aliphatic heterocycles. The third-order valence-electron chi connectivity index (χ3n) is 3.14. The summed E-state index contributed by atoms with van der Waals surface area (Å²) in [6.45, 7) is 5.48. The van der Waals surface area contributed by atoms with Crippen LogP contribution in [0.15, 0.2) is 29.2 Å². The molecule has 1 N–H and O–H groups in total. The molecule has 1 fully saturated rings. The van der Waals surface area contributed by atoms with Crippen LogP contribution in [0.2, 0.25) is 5.02 Å². The molecule has 6 heteroatoms. The first-order valence-electron chi connectivity index (χ1n) is 6.59. The second-order valence-electron chi connectivity index (χ2n) is 4.62. The van der Waals surface area contributed by atoms with Crippen molar-refractivity contribution in [2.24, 2.45) is 0 Å². The summed E-state index contributed by atoms with van der Waals surface area (Å²) in [6, 6.07) is 7.66. The highest BCUT2D eigenvalue weighted by Crippen LogP contribution is 2.30. The van der Waals surface area contributed by atoms with E-state index in [4.69, 9.17) is 11.6 Å². The molecule has 0 saturated carbocycles. The van der Waals surface area contributed by atoms with E-state index >= 15 is 0 Å². The van der Waals surface area contributed by atoms with Crippen molar-refractivity contribution in [3.8, 4) is 0 Å². The molecular formula is C14H20Cl2N2OS. The summed E-state index contributed by atoms with van der Waals surface area (Å²) in [4.78, 5) is 15.3. The lowest BCUT2D eigenvalue weighted by Gasteiger charge is -2.23. The molecule has 3 nitrogen and oxygen atoms in total. The number of hydrogen-bond acceptors (Lipinski definition) is 3. The van der Waals surface area contributed by atoms with E-state index in [2.05, 4.69) is 5.32 Å². The van der Waals surface area contributed by atoms with Crippen LogP contribution in [0.5, 0.6) is 0 Å². The predicted octanol–water partition coefficient (Wildman–Crippen LogP) is 3.06. The van der Waals surface area contributed by atoms with Crippen molar-refractivity contribution in [3.63, 3.8) is 0 Å². The molecule has 1 amide bonds. The number of rotatable bonds is 3. The number of hydrogen-bond donors (Lipinski definition) is 1. The van der Waals surface area contributed by atoms with E-state index in [-0.39, 0.29) is 23.6 Å². The molecule has 0 bridgehead atoms. The van der Waals surface area contributed by atoms with E-state index in [1.54, 1.807) is 0 Å². The van der Waals surface area contributed by atoms with Gasteiger partial charge in [0.25, 0.3) is 0 Å². The summed E-state index contributed by atoms with van der Waals surface area (Å²) in [5.74, 6) is 0.202. The maximum absolute atomic E-state index is 12.4. The van der Waals surface area contributed by atoms with E-state index in [1.807, 2.05) is 36.1 Å². The van der Waals surface area contributed by atoms with Crippen molar-refractivity contribution in [2.45, 2.75) is 23.5 Å². The summed E-state index contributed by atoms with van der Waals surface area (Å²) >= 11 is 7.66. The van der Waals surface area contributed by atoms with Crippen molar-refractivity contribution in [1.29, 1.82) is 0 Å². The fourth-order valence-corrected chi connectivity index (χ4v) is 3.34. The molecule has 1 aliphatic rings. The van der Waals surface area contributed by atoms with Crippen LogP contribution in [-0.2, 0) is 4.79 Å². The summed E-state index contributed by atoms with van der Waals surface area (Å²) in [6.07, 6.45) is 1.02. The van der Waals surface area contributed by atoms with Crippen LogP contribution >= 0.6 is 35.8 Å². The molecule has 0 aromatic heterocycles. The van der Waals surface area contributed by atoms with E-state index in [0.717, 1.165) is 37.5 Å². The quantitative estimate of drug-likeness (QED) is 0.862. The van der Waals surface area contributed by atoms with E-state index in [9.17, 15) is 4.79 Å². The van der Waals surface area contributed by atoms with Crippen LogP contribution in [0, 0.1) is 0 Å². The minimum Gasteiger partial charge on any atom is -0.340 e. The van der Waals surface area contributed by atoms with E-state index in [0.29, 0.717) is 5.02 Å². The fraction of sp³-hybridized carbons (Fsp3) is 0.500. The highest BCUT2D eigenvalue weighted by atomic mass is 35.5. The van der Waals surface area contributed by atoms with Crippen molar-refractivity contribution < 1.29 is 4.79 Å². The monoisotopic (exact) mass is 334 g/mol. The van der Waals surface area contributed by atoms with Crippen LogP contribution in [0.1, 0.15) is 13.3 Å². The molecule has 0 aliphatic carbocycles. The highest BCUT2D eigenvalue weighted by molar-refractivity contribution is 8.00. The Hall–Kier alpha value is -0.420. The Labute approximate surface area is 135 Å². The Kier molecular flexibility index (Phi) is 7.74. The normalized spacial score (nSPS) is 17.0. The second-order valence-corrected chi connectivity index (χ2v) is 6.41. The third-order valence-corrected chi connectivity index (χ3v) is 4.75. The Morgan fingerprint density at radius 3 is 2.85 bits per heavy atom. The zero-order chi connectivity index (χ0) is 13.7. The molecule has 1 heterocycles. The molecule has 112 valence electrons. The van der Waals surface area contributed by atoms with Crippen LogP contribution in [0.4, 0.5) is 0 Å². The molecule has 0 spiro atoms. The van der Waals surface area contributed by atoms with Gasteiger partial charge in [0.2, 0.25) is 5.91 Å². The minimum absolute atomic E-state index is 0. The number of amides is 1. The standard InChI is InChI=1S/C14H19ClN2OS.ClH/c1-11(19-13-6-3-2-5-12(13)15)14(18)17-9-4-7-16-8-10-17;/h2-3,5-6,11,16H,4,7-10H2,1H3;1H. The first kappa shape index (κ1) is 17.6. The smallest absolute Gasteiger partial charge is 0.235 e. The Bertz CT molecular complexity index is 437. The molecule has 0 radical (unpaired) electrons. The Balaban J connectivity index is 0.00000200. The molecule has 1 atom stereocenters. The van der Waals surface area contributed by atoms with Crippen molar-refractivity contribution in [3.05, 3.63) is 29.3 Å². The highest BCUT2D eigenvalue weighted by Gasteiger charge is 2.22. The van der Waals surface area contributed by atoms with Crippen molar-refractivity contribution >= 4 is 41.7 Å². The summed E-state index contributed by atoms with van der Waals surface area (Å²) in [7, 11) is 0. The van der Waals surface area contributed by atoms with Gasteiger partial charge in [-0.05, 0) is 32.0 Å². The van der Waals surface area contributed by atoms with E-state index < -0.39 is 0 Å². The lowest BCUT2D eigenvalue weighted by atomic mass is 10.3. The molecule has 1 saturated heterocycles. The van der Waals surface area contributed by atoms with Gasteiger partial charge < -0.3 is 10.2 Å². The summed E-state index contributed by atoms with van der Waals surface area (Å²) < 4.78 is 0. The number of thioether (sulfide) groups is 1. The number of carbonyl (C=O) groups excluding carboxylic acids is 1.